The molecule has 0 radical (unpaired) electrons. The Labute approximate surface area is 163 Å². The first-order valence-corrected chi connectivity index (χ1v) is 10.4. The Morgan fingerprint density at radius 2 is 1.56 bits per heavy atom. The summed E-state index contributed by atoms with van der Waals surface area (Å²) < 4.78 is 10.8. The molecule has 1 aliphatic carbocycles. The lowest BCUT2D eigenvalue weighted by Crippen LogP contribution is -2.18. The Bertz CT molecular complexity index is 511. The van der Waals surface area contributed by atoms with Crippen LogP contribution in [0.15, 0.2) is 0 Å². The van der Waals surface area contributed by atoms with Crippen LogP contribution in [-0.4, -0.2) is 61.0 Å². The van der Waals surface area contributed by atoms with E-state index in [9.17, 15) is 0 Å². The summed E-state index contributed by atoms with van der Waals surface area (Å²) in [7, 11) is 0. The van der Waals surface area contributed by atoms with Gasteiger partial charge in [-0.2, -0.15) is 15.0 Å². The van der Waals surface area contributed by atoms with E-state index in [1.165, 1.54) is 32.1 Å². The molecule has 0 bridgehead atoms. The van der Waals surface area contributed by atoms with Crippen molar-refractivity contribution in [2.24, 2.45) is 5.73 Å². The molecule has 1 fully saturated rings. The molecule has 27 heavy (non-hydrogen) atoms. The van der Waals surface area contributed by atoms with Gasteiger partial charge < -0.3 is 25.8 Å². The molecular formula is C19H36N6O2. The molecule has 1 aliphatic rings. The largest absolute Gasteiger partial charge is 0.378 e. The zero-order valence-corrected chi connectivity index (χ0v) is 16.7. The second kappa shape index (κ2) is 13.6. The van der Waals surface area contributed by atoms with Gasteiger partial charge in [-0.1, -0.05) is 32.6 Å². The van der Waals surface area contributed by atoms with Crippen molar-refractivity contribution in [2.45, 2.75) is 57.8 Å². The Kier molecular flexibility index (Phi) is 11.0. The summed E-state index contributed by atoms with van der Waals surface area (Å²) in [5.74, 6) is 2.68. The molecule has 0 unspecified atom stereocenters. The highest BCUT2D eigenvalue weighted by Crippen LogP contribution is 2.31. The number of aromatic nitrogens is 3. The predicted molar refractivity (Wildman–Crippen MR) is 108 cm³/mol. The van der Waals surface area contributed by atoms with Gasteiger partial charge in [0.1, 0.15) is 5.82 Å². The molecule has 0 aromatic carbocycles. The first kappa shape index (κ1) is 21.8. The molecule has 8 nitrogen and oxygen atoms in total. The van der Waals surface area contributed by atoms with Crippen LogP contribution >= 0.6 is 0 Å². The van der Waals surface area contributed by atoms with Crippen LogP contribution in [0.2, 0.25) is 0 Å². The van der Waals surface area contributed by atoms with E-state index in [-0.39, 0.29) is 0 Å². The standard InChI is InChI=1S/C19H36N6O2/c1-2-3-10-21-18-23-17(16-7-5-4-6-8-16)24-19(25-18)22-11-13-27-15-14-26-12-9-20/h16H,2-15,20H2,1H3,(H2,21,22,23,24,25). The number of nitrogens with two attached hydrogens (primary N) is 1. The van der Waals surface area contributed by atoms with Gasteiger partial charge in [-0.3, -0.25) is 0 Å². The van der Waals surface area contributed by atoms with E-state index in [0.717, 1.165) is 25.2 Å². The number of nitrogens with one attached hydrogen (secondary N) is 2. The normalized spacial score (nSPS) is 15.0. The van der Waals surface area contributed by atoms with Gasteiger partial charge in [0, 0.05) is 25.6 Å². The third kappa shape index (κ3) is 8.81. The van der Waals surface area contributed by atoms with Gasteiger partial charge in [-0.15, -0.1) is 0 Å². The first-order chi connectivity index (χ1) is 13.3. The van der Waals surface area contributed by atoms with Crippen molar-refractivity contribution in [1.29, 1.82) is 0 Å². The van der Waals surface area contributed by atoms with Crippen LogP contribution in [0.3, 0.4) is 0 Å². The van der Waals surface area contributed by atoms with Crippen molar-refractivity contribution in [3.8, 4) is 0 Å². The summed E-state index contributed by atoms with van der Waals surface area (Å²) in [6.07, 6.45) is 8.43. The summed E-state index contributed by atoms with van der Waals surface area (Å²) in [5, 5.41) is 6.60. The van der Waals surface area contributed by atoms with E-state index in [1.54, 1.807) is 0 Å². The van der Waals surface area contributed by atoms with Crippen LogP contribution in [0.1, 0.15) is 63.6 Å². The minimum Gasteiger partial charge on any atom is -0.378 e. The molecule has 0 spiro atoms. The summed E-state index contributed by atoms with van der Waals surface area (Å²) in [6.45, 7) is 6.54. The molecule has 0 aliphatic heterocycles. The highest BCUT2D eigenvalue weighted by atomic mass is 16.5. The van der Waals surface area contributed by atoms with E-state index < -0.39 is 0 Å². The first-order valence-electron chi connectivity index (χ1n) is 10.4. The fourth-order valence-corrected chi connectivity index (χ4v) is 3.11. The molecule has 8 heteroatoms. The average molecular weight is 381 g/mol. The molecule has 0 atom stereocenters. The van der Waals surface area contributed by atoms with Crippen molar-refractivity contribution in [3.05, 3.63) is 5.82 Å². The lowest BCUT2D eigenvalue weighted by molar-refractivity contribution is 0.0547. The van der Waals surface area contributed by atoms with E-state index in [2.05, 4.69) is 32.5 Å². The number of hydrogen-bond donors (Lipinski definition) is 3. The quantitative estimate of drug-likeness (QED) is 0.423. The maximum absolute atomic E-state index is 5.54. The summed E-state index contributed by atoms with van der Waals surface area (Å²) in [4.78, 5) is 13.9. The molecule has 0 saturated heterocycles. The van der Waals surface area contributed by atoms with Crippen molar-refractivity contribution < 1.29 is 9.47 Å². The molecule has 1 heterocycles. The van der Waals surface area contributed by atoms with Crippen molar-refractivity contribution in [2.75, 3.05) is 56.7 Å². The minimum atomic E-state index is 0.449. The second-order valence-corrected chi connectivity index (χ2v) is 6.90. The predicted octanol–water partition coefficient (Wildman–Crippen LogP) is 2.54. The van der Waals surface area contributed by atoms with E-state index in [0.29, 0.717) is 57.3 Å². The van der Waals surface area contributed by atoms with Crippen molar-refractivity contribution in [1.82, 2.24) is 15.0 Å². The lowest BCUT2D eigenvalue weighted by atomic mass is 9.89. The Morgan fingerprint density at radius 1 is 0.889 bits per heavy atom. The van der Waals surface area contributed by atoms with Crippen LogP contribution in [0.5, 0.6) is 0 Å². The van der Waals surface area contributed by atoms with Gasteiger partial charge in [0.25, 0.3) is 0 Å². The maximum Gasteiger partial charge on any atom is 0.227 e. The van der Waals surface area contributed by atoms with E-state index >= 15 is 0 Å². The number of unbranched alkanes of at least 4 members (excludes halogenated alkanes) is 1. The van der Waals surface area contributed by atoms with Gasteiger partial charge in [0.05, 0.1) is 26.4 Å². The minimum absolute atomic E-state index is 0.449. The highest BCUT2D eigenvalue weighted by molar-refractivity contribution is 5.35. The number of anilines is 2. The van der Waals surface area contributed by atoms with E-state index in [1.807, 2.05) is 0 Å². The van der Waals surface area contributed by atoms with Crippen LogP contribution < -0.4 is 16.4 Å². The number of rotatable bonds is 14. The Morgan fingerprint density at radius 3 is 2.22 bits per heavy atom. The molecular weight excluding hydrogens is 344 g/mol. The molecule has 4 N–H and O–H groups in total. The molecule has 1 saturated carbocycles. The Hall–Kier alpha value is -1.51. The molecule has 0 amide bonds. The number of nitrogens with zero attached hydrogens (tertiary/aromatic N) is 3. The fourth-order valence-electron chi connectivity index (χ4n) is 3.11. The van der Waals surface area contributed by atoms with Crippen LogP contribution in [-0.2, 0) is 9.47 Å². The van der Waals surface area contributed by atoms with Crippen molar-refractivity contribution in [3.63, 3.8) is 0 Å². The summed E-state index contributed by atoms with van der Waals surface area (Å²) in [5.41, 5.74) is 5.37. The molecule has 1 aromatic rings. The lowest BCUT2D eigenvalue weighted by Gasteiger charge is -2.21. The summed E-state index contributed by atoms with van der Waals surface area (Å²) >= 11 is 0. The van der Waals surface area contributed by atoms with Gasteiger partial charge in [-0.05, 0) is 19.3 Å². The maximum atomic E-state index is 5.54. The number of hydrogen-bond acceptors (Lipinski definition) is 8. The molecule has 2 rings (SSSR count). The fraction of sp³-hybridized carbons (Fsp3) is 0.842. The third-order valence-corrected chi connectivity index (χ3v) is 4.60. The van der Waals surface area contributed by atoms with Crippen LogP contribution in [0.25, 0.3) is 0 Å². The van der Waals surface area contributed by atoms with Gasteiger partial charge >= 0.3 is 0 Å². The second-order valence-electron chi connectivity index (χ2n) is 6.90. The topological polar surface area (TPSA) is 107 Å². The van der Waals surface area contributed by atoms with Crippen LogP contribution in [0, 0.1) is 0 Å². The van der Waals surface area contributed by atoms with Gasteiger partial charge in [0.2, 0.25) is 11.9 Å². The van der Waals surface area contributed by atoms with Gasteiger partial charge in [-0.25, -0.2) is 0 Å². The zero-order chi connectivity index (χ0) is 19.2. The van der Waals surface area contributed by atoms with Crippen LogP contribution in [0.4, 0.5) is 11.9 Å². The Balaban J connectivity index is 1.84. The van der Waals surface area contributed by atoms with Crippen molar-refractivity contribution >= 4 is 11.9 Å². The average Bonchev–Trinajstić information content (AvgIpc) is 2.71. The third-order valence-electron chi connectivity index (χ3n) is 4.60. The van der Waals surface area contributed by atoms with E-state index in [4.69, 9.17) is 15.2 Å². The zero-order valence-electron chi connectivity index (χ0n) is 16.7. The summed E-state index contributed by atoms with van der Waals surface area (Å²) in [6, 6.07) is 0. The van der Waals surface area contributed by atoms with Gasteiger partial charge in [0.15, 0.2) is 0 Å². The molecule has 1 aromatic heterocycles. The smallest absolute Gasteiger partial charge is 0.227 e. The highest BCUT2D eigenvalue weighted by Gasteiger charge is 2.20. The SMILES string of the molecule is CCCCNc1nc(NCCOCCOCCN)nc(C2CCCCC2)n1. The number of ether oxygens (including phenoxy) is 2. The monoisotopic (exact) mass is 380 g/mol. The molecule has 154 valence electrons.